The molecule has 0 amide bonds. The van der Waals surface area contributed by atoms with E-state index in [4.69, 9.17) is 5.73 Å². The van der Waals surface area contributed by atoms with Crippen molar-refractivity contribution in [2.45, 2.75) is 56.3 Å². The minimum absolute atomic E-state index is 0.0785. The summed E-state index contributed by atoms with van der Waals surface area (Å²) in [6, 6.07) is 0.185. The van der Waals surface area contributed by atoms with Crippen molar-refractivity contribution in [2.75, 3.05) is 6.54 Å². The molecular weight excluding hydrogens is 167 g/mol. The van der Waals surface area contributed by atoms with Crippen LogP contribution in [0.2, 0.25) is 0 Å². The van der Waals surface area contributed by atoms with Crippen molar-refractivity contribution in [1.82, 2.24) is 5.32 Å². The molecule has 13 heavy (non-hydrogen) atoms. The predicted octanol–water partition coefficient (Wildman–Crippen LogP) is 1.35. The molecule has 2 nitrogen and oxygen atoms in total. The van der Waals surface area contributed by atoms with E-state index in [1.54, 1.807) is 0 Å². The van der Waals surface area contributed by atoms with E-state index in [1.165, 1.54) is 19.3 Å². The van der Waals surface area contributed by atoms with Crippen molar-refractivity contribution >= 4 is 0 Å². The number of nitrogens with one attached hydrogen (secondary N) is 1. The van der Waals surface area contributed by atoms with Gasteiger partial charge in [-0.25, -0.2) is 4.39 Å². The first-order chi connectivity index (χ1) is 6.21. The Hall–Kier alpha value is -0.150. The lowest BCUT2D eigenvalue weighted by molar-refractivity contribution is 0.00296. The third-order valence-corrected chi connectivity index (χ3v) is 3.39. The van der Waals surface area contributed by atoms with Crippen molar-refractivity contribution in [2.24, 2.45) is 5.73 Å². The Balaban J connectivity index is 1.91. The van der Waals surface area contributed by atoms with Crippen LogP contribution in [0.3, 0.4) is 0 Å². The van der Waals surface area contributed by atoms with Crippen LogP contribution in [0, 0.1) is 0 Å². The van der Waals surface area contributed by atoms with Gasteiger partial charge in [0.1, 0.15) is 5.67 Å². The Bertz CT molecular complexity index is 170. The molecule has 2 rings (SSSR count). The normalized spacial score (nSPS) is 46.6. The van der Waals surface area contributed by atoms with Gasteiger partial charge in [0.2, 0.25) is 0 Å². The highest BCUT2D eigenvalue weighted by Gasteiger charge is 2.48. The highest BCUT2D eigenvalue weighted by atomic mass is 19.1. The molecule has 1 atom stereocenters. The van der Waals surface area contributed by atoms with E-state index >= 15 is 0 Å². The molecule has 1 saturated carbocycles. The highest BCUT2D eigenvalue weighted by Crippen LogP contribution is 2.40. The second-order valence-corrected chi connectivity index (χ2v) is 4.56. The van der Waals surface area contributed by atoms with E-state index < -0.39 is 5.67 Å². The van der Waals surface area contributed by atoms with Gasteiger partial charge in [0.05, 0.1) is 0 Å². The maximum Gasteiger partial charge on any atom is 0.129 e. The molecule has 0 bridgehead atoms. The Morgan fingerprint density at radius 3 is 2.69 bits per heavy atom. The first kappa shape index (κ1) is 9.41. The fourth-order valence-corrected chi connectivity index (χ4v) is 2.57. The molecule has 0 aromatic heterocycles. The van der Waals surface area contributed by atoms with Gasteiger partial charge >= 0.3 is 0 Å². The monoisotopic (exact) mass is 186 g/mol. The van der Waals surface area contributed by atoms with Gasteiger partial charge in [0.15, 0.2) is 0 Å². The van der Waals surface area contributed by atoms with Crippen molar-refractivity contribution in [1.29, 1.82) is 0 Å². The molecule has 0 aromatic rings. The molecule has 0 spiro atoms. The summed E-state index contributed by atoms with van der Waals surface area (Å²) < 4.78 is 14.1. The van der Waals surface area contributed by atoms with Crippen LogP contribution in [0.5, 0.6) is 0 Å². The SMILES string of the molecule is NC1CC(F)(C2CCCCCN2)C1. The zero-order valence-electron chi connectivity index (χ0n) is 8.06. The van der Waals surface area contributed by atoms with Crippen LogP contribution in [-0.4, -0.2) is 24.3 Å². The summed E-state index contributed by atoms with van der Waals surface area (Å²) in [6.07, 6.45) is 5.71. The molecule has 3 heteroatoms. The molecule has 2 aliphatic rings. The smallest absolute Gasteiger partial charge is 0.129 e. The average molecular weight is 186 g/mol. The van der Waals surface area contributed by atoms with E-state index in [1.807, 2.05) is 0 Å². The van der Waals surface area contributed by atoms with Gasteiger partial charge in [-0.3, -0.25) is 0 Å². The van der Waals surface area contributed by atoms with Gasteiger partial charge < -0.3 is 11.1 Å². The second-order valence-electron chi connectivity index (χ2n) is 4.56. The molecule has 2 fully saturated rings. The third kappa shape index (κ3) is 1.86. The van der Waals surface area contributed by atoms with Crippen molar-refractivity contribution < 1.29 is 4.39 Å². The Morgan fingerprint density at radius 2 is 2.00 bits per heavy atom. The first-order valence-corrected chi connectivity index (χ1v) is 5.39. The standard InChI is InChI=1S/C10H19FN2/c11-10(6-8(12)7-10)9-4-2-1-3-5-13-9/h8-9,13H,1-7,12H2. The number of hydrogen-bond acceptors (Lipinski definition) is 2. The van der Waals surface area contributed by atoms with E-state index in [0.29, 0.717) is 12.8 Å². The summed E-state index contributed by atoms with van der Waals surface area (Å²) in [5.41, 5.74) is 4.65. The average Bonchev–Trinajstić information content (AvgIpc) is 2.28. The molecule has 1 unspecified atom stereocenters. The quantitative estimate of drug-likeness (QED) is 0.648. The van der Waals surface area contributed by atoms with E-state index in [-0.39, 0.29) is 12.1 Å². The molecule has 0 aromatic carbocycles. The van der Waals surface area contributed by atoms with Gasteiger partial charge in [0, 0.05) is 12.1 Å². The molecule has 1 aliphatic carbocycles. The topological polar surface area (TPSA) is 38.0 Å². The number of nitrogens with two attached hydrogens (primary N) is 1. The van der Waals surface area contributed by atoms with Gasteiger partial charge in [-0.2, -0.15) is 0 Å². The number of halogens is 1. The van der Waals surface area contributed by atoms with Gasteiger partial charge in [-0.1, -0.05) is 12.8 Å². The van der Waals surface area contributed by atoms with Crippen LogP contribution >= 0.6 is 0 Å². The van der Waals surface area contributed by atoms with Crippen molar-refractivity contribution in [3.8, 4) is 0 Å². The lowest BCUT2D eigenvalue weighted by atomic mass is 9.72. The lowest BCUT2D eigenvalue weighted by Crippen LogP contribution is -2.59. The van der Waals surface area contributed by atoms with E-state index in [9.17, 15) is 4.39 Å². The number of alkyl halides is 1. The summed E-state index contributed by atoms with van der Waals surface area (Å²) in [5, 5.41) is 3.31. The molecule has 76 valence electrons. The van der Waals surface area contributed by atoms with Gasteiger partial charge in [0.25, 0.3) is 0 Å². The minimum Gasteiger partial charge on any atom is -0.327 e. The first-order valence-electron chi connectivity index (χ1n) is 5.39. The summed E-state index contributed by atoms with van der Waals surface area (Å²) in [6.45, 7) is 0.978. The summed E-state index contributed by atoms with van der Waals surface area (Å²) in [5.74, 6) is 0. The summed E-state index contributed by atoms with van der Waals surface area (Å²) in [4.78, 5) is 0. The Morgan fingerprint density at radius 1 is 1.23 bits per heavy atom. The second kappa shape index (κ2) is 3.54. The maximum atomic E-state index is 14.1. The van der Waals surface area contributed by atoms with Crippen molar-refractivity contribution in [3.63, 3.8) is 0 Å². The van der Waals surface area contributed by atoms with Crippen LogP contribution in [0.25, 0.3) is 0 Å². The van der Waals surface area contributed by atoms with E-state index in [0.717, 1.165) is 13.0 Å². The molecular formula is C10H19FN2. The fourth-order valence-electron chi connectivity index (χ4n) is 2.57. The molecule has 1 saturated heterocycles. The molecule has 0 radical (unpaired) electrons. The largest absolute Gasteiger partial charge is 0.327 e. The summed E-state index contributed by atoms with van der Waals surface area (Å²) >= 11 is 0. The van der Waals surface area contributed by atoms with Crippen LogP contribution < -0.4 is 11.1 Å². The highest BCUT2D eigenvalue weighted by molar-refractivity contribution is 5.05. The third-order valence-electron chi connectivity index (χ3n) is 3.39. The Labute approximate surface area is 79.1 Å². The summed E-state index contributed by atoms with van der Waals surface area (Å²) in [7, 11) is 0. The fraction of sp³-hybridized carbons (Fsp3) is 1.00. The zero-order valence-corrected chi connectivity index (χ0v) is 8.06. The minimum atomic E-state index is -0.982. The van der Waals surface area contributed by atoms with Crippen LogP contribution in [0.4, 0.5) is 4.39 Å². The maximum absolute atomic E-state index is 14.1. The van der Waals surface area contributed by atoms with Crippen molar-refractivity contribution in [3.05, 3.63) is 0 Å². The van der Waals surface area contributed by atoms with Crippen LogP contribution in [-0.2, 0) is 0 Å². The molecule has 1 aliphatic heterocycles. The molecule has 1 heterocycles. The number of rotatable bonds is 1. The van der Waals surface area contributed by atoms with E-state index in [2.05, 4.69) is 5.32 Å². The zero-order chi connectivity index (χ0) is 9.31. The lowest BCUT2D eigenvalue weighted by Gasteiger charge is -2.44. The van der Waals surface area contributed by atoms with Gasteiger partial charge in [-0.05, 0) is 32.2 Å². The molecule has 3 N–H and O–H groups in total. The van der Waals surface area contributed by atoms with Gasteiger partial charge in [-0.15, -0.1) is 0 Å². The van der Waals surface area contributed by atoms with Crippen LogP contribution in [0.15, 0.2) is 0 Å². The number of hydrogen-bond donors (Lipinski definition) is 2. The van der Waals surface area contributed by atoms with Crippen LogP contribution in [0.1, 0.15) is 38.5 Å². The Kier molecular flexibility index (Phi) is 2.56. The predicted molar refractivity (Wildman–Crippen MR) is 51.3 cm³/mol.